The average molecular weight is 460 g/mol. The molecule has 1 saturated heterocycles. The van der Waals surface area contributed by atoms with E-state index in [0.717, 1.165) is 26.1 Å². The molecule has 2 aromatic rings. The van der Waals surface area contributed by atoms with Crippen molar-refractivity contribution >= 4 is 54.2 Å². The van der Waals surface area contributed by atoms with Crippen molar-refractivity contribution in [3.8, 4) is 0 Å². The summed E-state index contributed by atoms with van der Waals surface area (Å²) < 4.78 is 0. The van der Waals surface area contributed by atoms with Crippen molar-refractivity contribution in [3.05, 3.63) is 64.3 Å². The molecule has 0 aliphatic carbocycles. The number of hydrogen-bond donors (Lipinski definition) is 3. The molecule has 3 N–H and O–H groups in total. The molecule has 6 nitrogen and oxygen atoms in total. The number of carbonyl (C=O) groups excluding carboxylic acids is 1. The Bertz CT molecular complexity index is 848. The van der Waals surface area contributed by atoms with Crippen LogP contribution < -0.4 is 10.8 Å². The quantitative estimate of drug-likeness (QED) is 0.344. The van der Waals surface area contributed by atoms with E-state index in [4.69, 9.17) is 16.8 Å². The molecule has 0 unspecified atom stereocenters. The Morgan fingerprint density at radius 2 is 2.17 bits per heavy atom. The highest BCUT2D eigenvalue weighted by Gasteiger charge is 2.23. The first-order valence-electron chi connectivity index (χ1n) is 8.85. The Hall–Kier alpha value is -1.83. The Morgan fingerprint density at radius 1 is 1.38 bits per heavy atom. The van der Waals surface area contributed by atoms with Gasteiger partial charge in [0.25, 0.3) is 5.91 Å². The lowest BCUT2D eigenvalue weighted by Gasteiger charge is -2.18. The van der Waals surface area contributed by atoms with Crippen LogP contribution in [-0.4, -0.2) is 40.1 Å². The summed E-state index contributed by atoms with van der Waals surface area (Å²) in [6.45, 7) is 5.02. The third kappa shape index (κ3) is 7.49. The first-order chi connectivity index (χ1) is 13.0. The van der Waals surface area contributed by atoms with E-state index in [1.54, 1.807) is 12.3 Å². The number of benzene rings is 1. The number of nitrogens with zero attached hydrogens (tertiary/aromatic N) is 2. The number of hydroxylamine groups is 1. The topological polar surface area (TPSA) is 77.5 Å². The summed E-state index contributed by atoms with van der Waals surface area (Å²) in [6.07, 6.45) is 5.41. The average Bonchev–Trinajstić information content (AvgIpc) is 3.08. The molecule has 1 aromatic carbocycles. The molecular formula is C20H25Cl3N4O2. The molecule has 1 atom stereocenters. The van der Waals surface area contributed by atoms with Crippen molar-refractivity contribution in [2.75, 3.05) is 18.4 Å². The fourth-order valence-corrected chi connectivity index (χ4v) is 3.44. The van der Waals surface area contributed by atoms with E-state index in [0.29, 0.717) is 22.4 Å². The maximum absolute atomic E-state index is 11.0. The third-order valence-corrected chi connectivity index (χ3v) is 4.79. The third-order valence-electron chi connectivity index (χ3n) is 4.50. The van der Waals surface area contributed by atoms with E-state index in [1.165, 1.54) is 28.8 Å². The summed E-state index contributed by atoms with van der Waals surface area (Å²) in [7, 11) is 0. The molecule has 158 valence electrons. The lowest BCUT2D eigenvalue weighted by Crippen LogP contribution is -2.26. The molecule has 0 radical (unpaired) electrons. The molecule has 1 aliphatic heterocycles. The molecule has 1 aromatic heterocycles. The van der Waals surface area contributed by atoms with Crippen LogP contribution in [-0.2, 0) is 11.3 Å². The Morgan fingerprint density at radius 3 is 2.86 bits per heavy atom. The van der Waals surface area contributed by atoms with Gasteiger partial charge in [0.15, 0.2) is 0 Å². The summed E-state index contributed by atoms with van der Waals surface area (Å²) >= 11 is 6.32. The summed E-state index contributed by atoms with van der Waals surface area (Å²) in [5.41, 5.74) is 4.83. The van der Waals surface area contributed by atoms with Gasteiger partial charge in [-0.25, -0.2) is 10.5 Å². The van der Waals surface area contributed by atoms with E-state index >= 15 is 0 Å². The van der Waals surface area contributed by atoms with Crippen LogP contribution in [0.25, 0.3) is 6.08 Å². The summed E-state index contributed by atoms with van der Waals surface area (Å²) in [4.78, 5) is 17.8. The van der Waals surface area contributed by atoms with Gasteiger partial charge in [-0.15, -0.1) is 24.8 Å². The number of nitrogens with one attached hydrogen (secondary N) is 2. The van der Waals surface area contributed by atoms with Crippen LogP contribution in [0.3, 0.4) is 0 Å². The number of pyridine rings is 1. The number of amides is 1. The van der Waals surface area contributed by atoms with Gasteiger partial charge >= 0.3 is 0 Å². The second-order valence-corrected chi connectivity index (χ2v) is 7.17. The smallest absolute Gasteiger partial charge is 0.267 e. The van der Waals surface area contributed by atoms with Gasteiger partial charge in [-0.05, 0) is 36.6 Å². The van der Waals surface area contributed by atoms with Crippen LogP contribution >= 0.6 is 36.4 Å². The van der Waals surface area contributed by atoms with Gasteiger partial charge < -0.3 is 5.32 Å². The summed E-state index contributed by atoms with van der Waals surface area (Å²) in [5, 5.41) is 12.4. The van der Waals surface area contributed by atoms with Crippen molar-refractivity contribution in [2.45, 2.75) is 25.9 Å². The maximum Gasteiger partial charge on any atom is 0.267 e. The predicted octanol–water partition coefficient (Wildman–Crippen LogP) is 4.09. The van der Waals surface area contributed by atoms with Crippen LogP contribution in [0.5, 0.6) is 0 Å². The highest BCUT2D eigenvalue weighted by Crippen LogP contribution is 2.24. The molecule has 0 bridgehead atoms. The molecule has 0 saturated carbocycles. The van der Waals surface area contributed by atoms with Gasteiger partial charge in [0.1, 0.15) is 5.82 Å². The van der Waals surface area contributed by atoms with E-state index in [-0.39, 0.29) is 24.8 Å². The van der Waals surface area contributed by atoms with Crippen LogP contribution in [0.2, 0.25) is 5.02 Å². The molecule has 1 amide bonds. The second-order valence-electron chi connectivity index (χ2n) is 6.76. The fourth-order valence-electron chi connectivity index (χ4n) is 3.22. The first kappa shape index (κ1) is 25.2. The zero-order valence-electron chi connectivity index (χ0n) is 16.0. The summed E-state index contributed by atoms with van der Waals surface area (Å²) in [6, 6.07) is 10.6. The molecule has 0 spiro atoms. The Kier molecular flexibility index (Phi) is 10.4. The van der Waals surface area contributed by atoms with Gasteiger partial charge in [-0.3, -0.25) is 14.9 Å². The van der Waals surface area contributed by atoms with Gasteiger partial charge in [0.05, 0.1) is 5.02 Å². The number of rotatable bonds is 6. The van der Waals surface area contributed by atoms with Crippen molar-refractivity contribution in [3.63, 3.8) is 0 Å². The SMILES string of the molecule is Cc1cccc(CN2CC[C@@H](Nc3ncc(C=CC(=O)NO)cc3Cl)C2)c1.Cl.Cl. The predicted molar refractivity (Wildman–Crippen MR) is 121 cm³/mol. The van der Waals surface area contributed by atoms with Gasteiger partial charge in [-0.2, -0.15) is 0 Å². The number of hydrogen-bond acceptors (Lipinski definition) is 5. The van der Waals surface area contributed by atoms with Crippen molar-refractivity contribution in [1.82, 2.24) is 15.4 Å². The maximum atomic E-state index is 11.0. The van der Waals surface area contributed by atoms with Crippen LogP contribution in [0.1, 0.15) is 23.1 Å². The molecule has 2 heterocycles. The Balaban J connectivity index is 0.00000210. The van der Waals surface area contributed by atoms with E-state index < -0.39 is 5.91 Å². The lowest BCUT2D eigenvalue weighted by molar-refractivity contribution is -0.124. The minimum Gasteiger partial charge on any atom is -0.365 e. The van der Waals surface area contributed by atoms with E-state index in [2.05, 4.69) is 46.4 Å². The standard InChI is InChI=1S/C20H23ClN4O2.2ClH/c1-14-3-2-4-16(9-14)12-25-8-7-17(13-25)23-20-18(21)10-15(11-22-20)5-6-19(26)24-27;;/h2-6,9-11,17,27H,7-8,12-13H2,1H3,(H,22,23)(H,24,26);2*1H/t17-;;/m1../s1. The molecule has 9 heteroatoms. The number of halogens is 3. The largest absolute Gasteiger partial charge is 0.365 e. The zero-order chi connectivity index (χ0) is 19.2. The fraction of sp³-hybridized carbons (Fsp3) is 0.300. The first-order valence-corrected chi connectivity index (χ1v) is 9.23. The van der Waals surface area contributed by atoms with E-state index in [1.807, 2.05) is 0 Å². The van der Waals surface area contributed by atoms with Crippen molar-refractivity contribution in [1.29, 1.82) is 0 Å². The van der Waals surface area contributed by atoms with Gasteiger partial charge in [0.2, 0.25) is 0 Å². The number of aryl methyl sites for hydroxylation is 1. The molecule has 29 heavy (non-hydrogen) atoms. The lowest BCUT2D eigenvalue weighted by atomic mass is 10.1. The van der Waals surface area contributed by atoms with Crippen LogP contribution in [0.15, 0.2) is 42.6 Å². The normalized spacial score (nSPS) is 16.2. The Labute approximate surface area is 188 Å². The van der Waals surface area contributed by atoms with Gasteiger partial charge in [-0.1, -0.05) is 41.4 Å². The molecule has 3 rings (SSSR count). The second kappa shape index (κ2) is 12.0. The van der Waals surface area contributed by atoms with Crippen LogP contribution in [0.4, 0.5) is 5.82 Å². The number of anilines is 1. The minimum atomic E-state index is -0.604. The highest BCUT2D eigenvalue weighted by molar-refractivity contribution is 6.33. The monoisotopic (exact) mass is 458 g/mol. The van der Waals surface area contributed by atoms with Crippen LogP contribution in [0, 0.1) is 6.92 Å². The number of likely N-dealkylation sites (tertiary alicyclic amines) is 1. The molecule has 1 fully saturated rings. The van der Waals surface area contributed by atoms with Gasteiger partial charge in [0, 0.05) is 37.9 Å². The zero-order valence-corrected chi connectivity index (χ0v) is 18.4. The summed E-state index contributed by atoms with van der Waals surface area (Å²) in [5.74, 6) is 0.0378. The minimum absolute atomic E-state index is 0. The molecular weight excluding hydrogens is 435 g/mol. The highest BCUT2D eigenvalue weighted by atomic mass is 35.5. The molecule has 1 aliphatic rings. The number of aromatic nitrogens is 1. The van der Waals surface area contributed by atoms with Crippen molar-refractivity contribution < 1.29 is 10.0 Å². The van der Waals surface area contributed by atoms with E-state index in [9.17, 15) is 4.79 Å². The van der Waals surface area contributed by atoms with Crippen molar-refractivity contribution in [2.24, 2.45) is 0 Å². The number of carbonyl (C=O) groups is 1.